The van der Waals surface area contributed by atoms with Crippen LogP contribution in [0.5, 0.6) is 0 Å². The van der Waals surface area contributed by atoms with Crippen LogP contribution in [0.25, 0.3) is 0 Å². The number of nitrogens with one attached hydrogen (secondary N) is 1. The second-order valence-electron chi connectivity index (χ2n) is 5.88. The molecule has 112 valence electrons. The summed E-state index contributed by atoms with van der Waals surface area (Å²) < 4.78 is 0. The van der Waals surface area contributed by atoms with Gasteiger partial charge in [0, 0.05) is 18.6 Å². The van der Waals surface area contributed by atoms with Crippen molar-refractivity contribution in [3.63, 3.8) is 0 Å². The van der Waals surface area contributed by atoms with E-state index in [2.05, 4.69) is 69.4 Å². The Balaban J connectivity index is 2.22. The van der Waals surface area contributed by atoms with E-state index in [1.165, 1.54) is 27.8 Å². The van der Waals surface area contributed by atoms with Crippen molar-refractivity contribution < 1.29 is 0 Å². The van der Waals surface area contributed by atoms with Crippen molar-refractivity contribution in [2.45, 2.75) is 39.8 Å². The second-order valence-corrected chi connectivity index (χ2v) is 5.88. The fourth-order valence-corrected chi connectivity index (χ4v) is 2.78. The quantitative estimate of drug-likeness (QED) is 0.871. The monoisotopic (exact) mass is 282 g/mol. The average molecular weight is 282 g/mol. The van der Waals surface area contributed by atoms with Crippen LogP contribution in [0, 0.1) is 20.8 Å². The van der Waals surface area contributed by atoms with Gasteiger partial charge in [0.1, 0.15) is 0 Å². The molecule has 2 rings (SSSR count). The maximum absolute atomic E-state index is 6.03. The Morgan fingerprint density at radius 1 is 0.952 bits per heavy atom. The summed E-state index contributed by atoms with van der Waals surface area (Å²) >= 11 is 0. The Bertz CT molecular complexity index is 590. The molecule has 0 heterocycles. The number of hydrogen-bond donors (Lipinski definition) is 2. The van der Waals surface area contributed by atoms with Crippen LogP contribution in [0.4, 0.5) is 0 Å². The smallest absolute Gasteiger partial charge is 0.0451 e. The van der Waals surface area contributed by atoms with E-state index in [1.807, 2.05) is 6.07 Å². The van der Waals surface area contributed by atoms with Gasteiger partial charge < -0.3 is 11.1 Å². The van der Waals surface area contributed by atoms with E-state index in [-0.39, 0.29) is 12.1 Å². The fourth-order valence-electron chi connectivity index (χ4n) is 2.78. The summed E-state index contributed by atoms with van der Waals surface area (Å²) in [6.45, 7) is 9.27. The molecule has 2 aromatic rings. The summed E-state index contributed by atoms with van der Waals surface area (Å²) in [6.07, 6.45) is 0. The lowest BCUT2D eigenvalue weighted by molar-refractivity contribution is 0.471. The molecule has 21 heavy (non-hydrogen) atoms. The summed E-state index contributed by atoms with van der Waals surface area (Å²) in [5.74, 6) is 0. The standard InChI is InChI=1S/C19H26N2/c1-13-10-15(3)18(11-14(13)2)19(12-20)21-16(4)17-8-6-5-7-9-17/h5-11,16,19,21H,12,20H2,1-4H3. The highest BCUT2D eigenvalue weighted by Gasteiger charge is 2.16. The predicted molar refractivity (Wildman–Crippen MR) is 90.4 cm³/mol. The molecule has 0 aliphatic rings. The van der Waals surface area contributed by atoms with Crippen LogP contribution in [0.2, 0.25) is 0 Å². The van der Waals surface area contributed by atoms with Gasteiger partial charge in [-0.05, 0) is 55.5 Å². The molecule has 3 N–H and O–H groups in total. The molecule has 0 bridgehead atoms. The van der Waals surface area contributed by atoms with Crippen molar-refractivity contribution in [1.82, 2.24) is 5.32 Å². The van der Waals surface area contributed by atoms with Gasteiger partial charge in [-0.25, -0.2) is 0 Å². The van der Waals surface area contributed by atoms with Crippen LogP contribution in [0.15, 0.2) is 42.5 Å². The normalized spacial score (nSPS) is 14.0. The van der Waals surface area contributed by atoms with Gasteiger partial charge in [-0.1, -0.05) is 42.5 Å². The zero-order valence-electron chi connectivity index (χ0n) is 13.5. The summed E-state index contributed by atoms with van der Waals surface area (Å²) in [5.41, 5.74) is 12.6. The van der Waals surface area contributed by atoms with Crippen molar-refractivity contribution in [1.29, 1.82) is 0 Å². The zero-order chi connectivity index (χ0) is 15.4. The molecule has 2 heteroatoms. The Morgan fingerprint density at radius 3 is 2.19 bits per heavy atom. The molecule has 0 fully saturated rings. The number of aryl methyl sites for hydroxylation is 3. The summed E-state index contributed by atoms with van der Waals surface area (Å²) in [5, 5.41) is 3.66. The Hall–Kier alpha value is -1.64. The number of benzene rings is 2. The van der Waals surface area contributed by atoms with Crippen LogP contribution in [0.3, 0.4) is 0 Å². The average Bonchev–Trinajstić information content (AvgIpc) is 2.49. The third-order valence-corrected chi connectivity index (χ3v) is 4.24. The molecule has 2 aromatic carbocycles. The molecule has 0 radical (unpaired) electrons. The van der Waals surface area contributed by atoms with Gasteiger partial charge >= 0.3 is 0 Å². The van der Waals surface area contributed by atoms with E-state index in [0.717, 1.165) is 0 Å². The molecular formula is C19H26N2. The van der Waals surface area contributed by atoms with Crippen molar-refractivity contribution in [3.05, 3.63) is 70.3 Å². The van der Waals surface area contributed by atoms with Crippen LogP contribution < -0.4 is 11.1 Å². The molecule has 0 spiro atoms. The fraction of sp³-hybridized carbons (Fsp3) is 0.368. The molecule has 0 saturated heterocycles. The first-order valence-electron chi connectivity index (χ1n) is 7.61. The Kier molecular flexibility index (Phi) is 5.16. The van der Waals surface area contributed by atoms with E-state index in [9.17, 15) is 0 Å². The van der Waals surface area contributed by atoms with Gasteiger partial charge in [-0.15, -0.1) is 0 Å². The Morgan fingerprint density at radius 2 is 1.57 bits per heavy atom. The van der Waals surface area contributed by atoms with E-state index in [0.29, 0.717) is 6.54 Å². The minimum absolute atomic E-state index is 0.180. The predicted octanol–water partition coefficient (Wildman–Crippen LogP) is 3.96. The van der Waals surface area contributed by atoms with E-state index in [4.69, 9.17) is 5.73 Å². The van der Waals surface area contributed by atoms with Crippen LogP contribution in [-0.2, 0) is 0 Å². The first kappa shape index (κ1) is 15.7. The van der Waals surface area contributed by atoms with Gasteiger partial charge in [0.2, 0.25) is 0 Å². The van der Waals surface area contributed by atoms with Crippen molar-refractivity contribution in [3.8, 4) is 0 Å². The third-order valence-electron chi connectivity index (χ3n) is 4.24. The summed E-state index contributed by atoms with van der Waals surface area (Å²) in [6, 6.07) is 15.5. The topological polar surface area (TPSA) is 38.0 Å². The summed E-state index contributed by atoms with van der Waals surface area (Å²) in [4.78, 5) is 0. The van der Waals surface area contributed by atoms with Crippen molar-refractivity contribution >= 4 is 0 Å². The molecule has 2 atom stereocenters. The van der Waals surface area contributed by atoms with Crippen LogP contribution >= 0.6 is 0 Å². The number of nitrogens with two attached hydrogens (primary N) is 1. The van der Waals surface area contributed by atoms with E-state index in [1.54, 1.807) is 0 Å². The Labute approximate surface area is 128 Å². The van der Waals surface area contributed by atoms with Gasteiger partial charge in [0.15, 0.2) is 0 Å². The molecule has 0 amide bonds. The summed E-state index contributed by atoms with van der Waals surface area (Å²) in [7, 11) is 0. The second kappa shape index (κ2) is 6.88. The lowest BCUT2D eigenvalue weighted by Crippen LogP contribution is -2.31. The zero-order valence-corrected chi connectivity index (χ0v) is 13.5. The third kappa shape index (κ3) is 3.72. The lowest BCUT2D eigenvalue weighted by Gasteiger charge is -2.25. The molecule has 2 unspecified atom stereocenters. The van der Waals surface area contributed by atoms with Gasteiger partial charge in [-0.2, -0.15) is 0 Å². The van der Waals surface area contributed by atoms with Crippen molar-refractivity contribution in [2.24, 2.45) is 5.73 Å². The SMILES string of the molecule is Cc1cc(C)c(C(CN)NC(C)c2ccccc2)cc1C. The number of hydrogen-bond acceptors (Lipinski definition) is 2. The first-order chi connectivity index (χ1) is 10.0. The maximum Gasteiger partial charge on any atom is 0.0451 e. The van der Waals surface area contributed by atoms with E-state index >= 15 is 0 Å². The lowest BCUT2D eigenvalue weighted by atomic mass is 9.95. The highest BCUT2D eigenvalue weighted by atomic mass is 15.0. The highest BCUT2D eigenvalue weighted by Crippen LogP contribution is 2.24. The first-order valence-corrected chi connectivity index (χ1v) is 7.61. The van der Waals surface area contributed by atoms with Gasteiger partial charge in [0.05, 0.1) is 0 Å². The molecule has 0 aliphatic carbocycles. The highest BCUT2D eigenvalue weighted by molar-refractivity contribution is 5.38. The largest absolute Gasteiger partial charge is 0.329 e. The molecule has 0 aliphatic heterocycles. The minimum Gasteiger partial charge on any atom is -0.329 e. The van der Waals surface area contributed by atoms with E-state index < -0.39 is 0 Å². The minimum atomic E-state index is 0.180. The molecular weight excluding hydrogens is 256 g/mol. The molecule has 2 nitrogen and oxygen atoms in total. The molecule has 0 saturated carbocycles. The number of rotatable bonds is 5. The van der Waals surface area contributed by atoms with Crippen molar-refractivity contribution in [2.75, 3.05) is 6.54 Å². The van der Waals surface area contributed by atoms with Gasteiger partial charge in [-0.3, -0.25) is 0 Å². The van der Waals surface area contributed by atoms with Gasteiger partial charge in [0.25, 0.3) is 0 Å². The maximum atomic E-state index is 6.03. The molecule has 0 aromatic heterocycles. The van der Waals surface area contributed by atoms with Crippen LogP contribution in [-0.4, -0.2) is 6.54 Å². The van der Waals surface area contributed by atoms with Crippen LogP contribution in [0.1, 0.15) is 46.8 Å².